The van der Waals surface area contributed by atoms with Crippen LogP contribution in [0.25, 0.3) is 0 Å². The van der Waals surface area contributed by atoms with E-state index in [4.69, 9.17) is 10.5 Å². The van der Waals surface area contributed by atoms with Crippen molar-refractivity contribution in [1.82, 2.24) is 0 Å². The third-order valence-corrected chi connectivity index (χ3v) is 4.85. The summed E-state index contributed by atoms with van der Waals surface area (Å²) >= 11 is 0. The maximum absolute atomic E-state index is 6.29. The first-order valence-corrected chi connectivity index (χ1v) is 7.43. The minimum atomic E-state index is 0.105. The molecule has 2 heteroatoms. The summed E-state index contributed by atoms with van der Waals surface area (Å²) in [5.41, 5.74) is 6.39. The van der Waals surface area contributed by atoms with Crippen LogP contribution in [0, 0.1) is 11.8 Å². The minimum Gasteiger partial charge on any atom is -0.372 e. The molecule has 0 amide bonds. The molecule has 4 atom stereocenters. The van der Waals surface area contributed by atoms with E-state index in [0.717, 1.165) is 5.92 Å². The summed E-state index contributed by atoms with van der Waals surface area (Å²) in [6.07, 6.45) is 9.31. The Morgan fingerprint density at radius 1 is 1.24 bits per heavy atom. The smallest absolute Gasteiger partial charge is 0.0631 e. The lowest BCUT2D eigenvalue weighted by Crippen LogP contribution is -2.38. The van der Waals surface area contributed by atoms with Crippen LogP contribution in [-0.4, -0.2) is 17.7 Å². The SMILES string of the molecule is CCC1CCC(N)C(CC2CCC(C)(C)O2)C1. The van der Waals surface area contributed by atoms with Crippen molar-refractivity contribution < 1.29 is 4.74 Å². The molecule has 0 bridgehead atoms. The van der Waals surface area contributed by atoms with Crippen molar-refractivity contribution in [2.45, 2.75) is 83.5 Å². The van der Waals surface area contributed by atoms with E-state index in [1.165, 1.54) is 44.9 Å². The van der Waals surface area contributed by atoms with Crippen LogP contribution < -0.4 is 5.73 Å². The first kappa shape index (κ1) is 13.4. The quantitative estimate of drug-likeness (QED) is 0.818. The summed E-state index contributed by atoms with van der Waals surface area (Å²) in [7, 11) is 0. The molecule has 1 heterocycles. The zero-order chi connectivity index (χ0) is 12.5. The Morgan fingerprint density at radius 2 is 2.00 bits per heavy atom. The Balaban J connectivity index is 1.85. The van der Waals surface area contributed by atoms with Crippen LogP contribution in [-0.2, 0) is 4.74 Å². The van der Waals surface area contributed by atoms with Gasteiger partial charge < -0.3 is 10.5 Å². The normalized spacial score (nSPS) is 41.6. The number of rotatable bonds is 3. The van der Waals surface area contributed by atoms with Crippen LogP contribution in [0.4, 0.5) is 0 Å². The van der Waals surface area contributed by atoms with Crippen molar-refractivity contribution in [2.75, 3.05) is 0 Å². The molecule has 1 aliphatic heterocycles. The monoisotopic (exact) mass is 239 g/mol. The largest absolute Gasteiger partial charge is 0.372 e. The van der Waals surface area contributed by atoms with E-state index in [2.05, 4.69) is 20.8 Å². The first-order chi connectivity index (χ1) is 8.00. The maximum Gasteiger partial charge on any atom is 0.0631 e. The topological polar surface area (TPSA) is 35.2 Å². The van der Waals surface area contributed by atoms with Crippen molar-refractivity contribution >= 4 is 0 Å². The second-order valence-electron chi connectivity index (χ2n) is 6.79. The van der Waals surface area contributed by atoms with Gasteiger partial charge in [0.25, 0.3) is 0 Å². The highest BCUT2D eigenvalue weighted by Crippen LogP contribution is 2.38. The molecule has 1 saturated carbocycles. The Bertz CT molecular complexity index is 251. The fourth-order valence-electron chi connectivity index (χ4n) is 3.61. The van der Waals surface area contributed by atoms with Crippen LogP contribution in [0.1, 0.15) is 65.7 Å². The van der Waals surface area contributed by atoms with Gasteiger partial charge in [0.15, 0.2) is 0 Å². The molecule has 4 unspecified atom stereocenters. The van der Waals surface area contributed by atoms with Gasteiger partial charge in [0.1, 0.15) is 0 Å². The standard InChI is InChI=1S/C15H29NO/c1-4-11-5-6-14(16)12(9-11)10-13-7-8-15(2,3)17-13/h11-14H,4-10,16H2,1-3H3. The van der Waals surface area contributed by atoms with E-state index < -0.39 is 0 Å². The van der Waals surface area contributed by atoms with Crippen LogP contribution in [0.15, 0.2) is 0 Å². The van der Waals surface area contributed by atoms with Crippen LogP contribution in [0.2, 0.25) is 0 Å². The van der Waals surface area contributed by atoms with Gasteiger partial charge in [-0.2, -0.15) is 0 Å². The molecule has 2 rings (SSSR count). The van der Waals surface area contributed by atoms with Crippen molar-refractivity contribution in [3.8, 4) is 0 Å². The third kappa shape index (κ3) is 3.45. The predicted molar refractivity (Wildman–Crippen MR) is 71.9 cm³/mol. The van der Waals surface area contributed by atoms with Crippen molar-refractivity contribution in [2.24, 2.45) is 17.6 Å². The summed E-state index contributed by atoms with van der Waals surface area (Å²) in [6.45, 7) is 6.74. The second-order valence-corrected chi connectivity index (χ2v) is 6.79. The molecule has 1 aliphatic carbocycles. The zero-order valence-electron chi connectivity index (χ0n) is 11.7. The average Bonchev–Trinajstić information content (AvgIpc) is 2.61. The van der Waals surface area contributed by atoms with Gasteiger partial charge in [-0.3, -0.25) is 0 Å². The molecule has 0 aromatic carbocycles. The van der Waals surface area contributed by atoms with E-state index in [0.29, 0.717) is 18.1 Å². The Labute approximate surface area is 106 Å². The minimum absolute atomic E-state index is 0.105. The van der Waals surface area contributed by atoms with Crippen molar-refractivity contribution in [1.29, 1.82) is 0 Å². The molecule has 17 heavy (non-hydrogen) atoms. The van der Waals surface area contributed by atoms with Gasteiger partial charge in [-0.1, -0.05) is 13.3 Å². The van der Waals surface area contributed by atoms with E-state index in [-0.39, 0.29) is 5.60 Å². The molecular formula is C15H29NO. The molecule has 0 aromatic rings. The summed E-state index contributed by atoms with van der Waals surface area (Å²) in [6, 6.07) is 0.421. The molecule has 2 aliphatic rings. The molecule has 0 spiro atoms. The van der Waals surface area contributed by atoms with Crippen molar-refractivity contribution in [3.63, 3.8) is 0 Å². The predicted octanol–water partition coefficient (Wildman–Crippen LogP) is 3.49. The van der Waals surface area contributed by atoms with Gasteiger partial charge in [-0.15, -0.1) is 0 Å². The highest BCUT2D eigenvalue weighted by molar-refractivity contribution is 4.88. The van der Waals surface area contributed by atoms with Gasteiger partial charge >= 0.3 is 0 Å². The van der Waals surface area contributed by atoms with E-state index in [9.17, 15) is 0 Å². The van der Waals surface area contributed by atoms with Gasteiger partial charge in [0.2, 0.25) is 0 Å². The first-order valence-electron chi connectivity index (χ1n) is 7.43. The Kier molecular flexibility index (Phi) is 4.14. The van der Waals surface area contributed by atoms with Gasteiger partial charge in [0.05, 0.1) is 11.7 Å². The van der Waals surface area contributed by atoms with E-state index >= 15 is 0 Å². The third-order valence-electron chi connectivity index (χ3n) is 4.85. The molecule has 2 N–H and O–H groups in total. The number of ether oxygens (including phenoxy) is 1. The van der Waals surface area contributed by atoms with Crippen molar-refractivity contribution in [3.05, 3.63) is 0 Å². The molecule has 2 nitrogen and oxygen atoms in total. The molecule has 0 radical (unpaired) electrons. The zero-order valence-corrected chi connectivity index (χ0v) is 11.7. The van der Waals surface area contributed by atoms with Crippen LogP contribution >= 0.6 is 0 Å². The lowest BCUT2D eigenvalue weighted by atomic mass is 9.75. The van der Waals surface area contributed by atoms with E-state index in [1.54, 1.807) is 0 Å². The van der Waals surface area contributed by atoms with Crippen LogP contribution in [0.3, 0.4) is 0 Å². The lowest BCUT2D eigenvalue weighted by Gasteiger charge is -2.35. The summed E-state index contributed by atoms with van der Waals surface area (Å²) in [4.78, 5) is 0. The second kappa shape index (κ2) is 5.27. The van der Waals surface area contributed by atoms with Gasteiger partial charge in [-0.05, 0) is 64.2 Å². The highest BCUT2D eigenvalue weighted by atomic mass is 16.5. The average molecular weight is 239 g/mol. The Morgan fingerprint density at radius 3 is 2.59 bits per heavy atom. The summed E-state index contributed by atoms with van der Waals surface area (Å²) in [5.74, 6) is 1.61. The number of hydrogen-bond donors (Lipinski definition) is 1. The Hall–Kier alpha value is -0.0800. The fourth-order valence-corrected chi connectivity index (χ4v) is 3.61. The van der Waals surface area contributed by atoms with Crippen LogP contribution in [0.5, 0.6) is 0 Å². The molecule has 100 valence electrons. The maximum atomic E-state index is 6.29. The molecule has 1 saturated heterocycles. The lowest BCUT2D eigenvalue weighted by molar-refractivity contribution is -0.0293. The summed E-state index contributed by atoms with van der Waals surface area (Å²) in [5, 5.41) is 0. The summed E-state index contributed by atoms with van der Waals surface area (Å²) < 4.78 is 6.11. The fraction of sp³-hybridized carbons (Fsp3) is 1.00. The number of hydrogen-bond acceptors (Lipinski definition) is 2. The number of nitrogens with two attached hydrogens (primary N) is 1. The molecule has 0 aromatic heterocycles. The van der Waals surface area contributed by atoms with Gasteiger partial charge in [0, 0.05) is 6.04 Å². The highest BCUT2D eigenvalue weighted by Gasteiger charge is 2.35. The van der Waals surface area contributed by atoms with Gasteiger partial charge in [-0.25, -0.2) is 0 Å². The van der Waals surface area contributed by atoms with E-state index in [1.807, 2.05) is 0 Å². The molecular weight excluding hydrogens is 210 g/mol. The molecule has 2 fully saturated rings.